The minimum absolute atomic E-state index is 0.0468. The second kappa shape index (κ2) is 9.41. The van der Waals surface area contributed by atoms with E-state index < -0.39 is 15.9 Å². The van der Waals surface area contributed by atoms with Crippen LogP contribution in [0.1, 0.15) is 12.0 Å². The first-order chi connectivity index (χ1) is 16.8. The summed E-state index contributed by atoms with van der Waals surface area (Å²) >= 11 is 6.18. The quantitative estimate of drug-likeness (QED) is 0.380. The van der Waals surface area contributed by atoms with Gasteiger partial charge in [0.25, 0.3) is 0 Å². The van der Waals surface area contributed by atoms with Crippen LogP contribution in [0.3, 0.4) is 0 Å². The summed E-state index contributed by atoms with van der Waals surface area (Å²) in [4.78, 5) is 23.1. The van der Waals surface area contributed by atoms with Gasteiger partial charge in [0.15, 0.2) is 0 Å². The summed E-state index contributed by atoms with van der Waals surface area (Å²) in [5.41, 5.74) is 1.65. The van der Waals surface area contributed by atoms with Crippen LogP contribution in [0.25, 0.3) is 21.7 Å². The highest BCUT2D eigenvalue weighted by molar-refractivity contribution is 7.89. The Morgan fingerprint density at radius 2 is 1.91 bits per heavy atom. The largest absolute Gasteiger partial charge is 0.497 e. The van der Waals surface area contributed by atoms with Gasteiger partial charge in [0, 0.05) is 25.0 Å². The average molecular weight is 511 g/mol. The smallest absolute Gasteiger partial charge is 0.240 e. The molecule has 10 heteroatoms. The minimum Gasteiger partial charge on any atom is -0.497 e. The Hall–Kier alpha value is -3.27. The number of nitrogens with zero attached hydrogens (tertiary/aromatic N) is 3. The van der Waals surface area contributed by atoms with Gasteiger partial charge in [-0.25, -0.2) is 23.1 Å². The molecule has 0 radical (unpaired) electrons. The number of benzene rings is 3. The molecule has 180 valence electrons. The van der Waals surface area contributed by atoms with Crippen molar-refractivity contribution in [2.24, 2.45) is 5.92 Å². The molecule has 0 spiro atoms. The molecular formula is C25H23ClN4O4S. The van der Waals surface area contributed by atoms with Gasteiger partial charge in [-0.2, -0.15) is 0 Å². The van der Waals surface area contributed by atoms with Crippen LogP contribution >= 0.6 is 11.6 Å². The SMILES string of the molecule is COc1ccc2ccc(S(=O)(=O)NC[C@@H]3CCN(Cc4ccc5ncnc(Cl)c5c4)C3=O)cc2c1. The first kappa shape index (κ1) is 23.5. The number of carbonyl (C=O) groups excluding carboxylic acids is 1. The van der Waals surface area contributed by atoms with E-state index in [0.29, 0.717) is 30.4 Å². The Morgan fingerprint density at radius 1 is 1.09 bits per heavy atom. The minimum atomic E-state index is -3.78. The van der Waals surface area contributed by atoms with E-state index in [1.165, 1.54) is 6.33 Å². The molecule has 1 amide bonds. The summed E-state index contributed by atoms with van der Waals surface area (Å²) in [6.07, 6.45) is 1.99. The van der Waals surface area contributed by atoms with Crippen LogP contribution in [0.15, 0.2) is 65.8 Å². The van der Waals surface area contributed by atoms with Gasteiger partial charge in [-0.3, -0.25) is 4.79 Å². The molecular weight excluding hydrogens is 488 g/mol. The van der Waals surface area contributed by atoms with Crippen molar-refractivity contribution < 1.29 is 17.9 Å². The lowest BCUT2D eigenvalue weighted by atomic mass is 10.1. The molecule has 5 rings (SSSR count). The molecule has 0 unspecified atom stereocenters. The number of likely N-dealkylation sites (tertiary alicyclic amines) is 1. The number of nitrogens with one attached hydrogen (secondary N) is 1. The van der Waals surface area contributed by atoms with E-state index in [2.05, 4.69) is 14.7 Å². The average Bonchev–Trinajstić information content (AvgIpc) is 3.21. The van der Waals surface area contributed by atoms with Crippen LogP contribution < -0.4 is 9.46 Å². The highest BCUT2D eigenvalue weighted by Gasteiger charge is 2.32. The lowest BCUT2D eigenvalue weighted by Gasteiger charge is -2.17. The van der Waals surface area contributed by atoms with Crippen LogP contribution in [-0.4, -0.2) is 49.4 Å². The molecule has 2 heterocycles. The van der Waals surface area contributed by atoms with Crippen LogP contribution in [0.4, 0.5) is 0 Å². The highest BCUT2D eigenvalue weighted by Crippen LogP contribution is 2.26. The number of fused-ring (bicyclic) bond motifs is 2. The number of rotatable bonds is 7. The summed E-state index contributed by atoms with van der Waals surface area (Å²) in [6, 6.07) is 16.1. The predicted octanol–water partition coefficient (Wildman–Crippen LogP) is 3.77. The third kappa shape index (κ3) is 4.80. The van der Waals surface area contributed by atoms with Gasteiger partial charge in [-0.15, -0.1) is 0 Å². The lowest BCUT2D eigenvalue weighted by Crippen LogP contribution is -2.34. The van der Waals surface area contributed by atoms with Gasteiger partial charge in [0.05, 0.1) is 23.4 Å². The molecule has 4 aromatic rings. The van der Waals surface area contributed by atoms with E-state index in [0.717, 1.165) is 27.2 Å². The van der Waals surface area contributed by atoms with Gasteiger partial charge in [-0.05, 0) is 59.2 Å². The molecule has 35 heavy (non-hydrogen) atoms. The molecule has 0 saturated carbocycles. The third-order valence-electron chi connectivity index (χ3n) is 6.28. The summed E-state index contributed by atoms with van der Waals surface area (Å²) in [5.74, 6) is 0.155. The number of halogens is 1. The molecule has 1 aliphatic heterocycles. The lowest BCUT2D eigenvalue weighted by molar-refractivity contribution is -0.131. The summed E-state index contributed by atoms with van der Waals surface area (Å²) in [7, 11) is -2.21. The normalized spacial score (nSPS) is 16.3. The van der Waals surface area contributed by atoms with Crippen molar-refractivity contribution in [1.29, 1.82) is 0 Å². The zero-order valence-corrected chi connectivity index (χ0v) is 20.5. The first-order valence-corrected chi connectivity index (χ1v) is 13.0. The fourth-order valence-electron chi connectivity index (χ4n) is 4.33. The van der Waals surface area contributed by atoms with Crippen molar-refractivity contribution in [3.8, 4) is 5.75 Å². The fourth-order valence-corrected chi connectivity index (χ4v) is 5.64. The van der Waals surface area contributed by atoms with Gasteiger partial charge in [-0.1, -0.05) is 29.8 Å². The third-order valence-corrected chi connectivity index (χ3v) is 8.00. The van der Waals surface area contributed by atoms with E-state index in [1.54, 1.807) is 36.3 Å². The number of aromatic nitrogens is 2. The first-order valence-electron chi connectivity index (χ1n) is 11.1. The number of carbonyl (C=O) groups is 1. The van der Waals surface area contributed by atoms with Crippen molar-refractivity contribution in [2.45, 2.75) is 17.9 Å². The number of hydrogen-bond acceptors (Lipinski definition) is 6. The number of methoxy groups -OCH3 is 1. The Kier molecular flexibility index (Phi) is 6.31. The van der Waals surface area contributed by atoms with E-state index in [-0.39, 0.29) is 17.3 Å². The van der Waals surface area contributed by atoms with Crippen molar-refractivity contribution in [2.75, 3.05) is 20.2 Å². The van der Waals surface area contributed by atoms with Gasteiger partial charge < -0.3 is 9.64 Å². The van der Waals surface area contributed by atoms with E-state index in [4.69, 9.17) is 16.3 Å². The summed E-state index contributed by atoms with van der Waals surface area (Å²) in [6.45, 7) is 1.01. The second-order valence-electron chi connectivity index (χ2n) is 8.49. The topological polar surface area (TPSA) is 101 Å². The van der Waals surface area contributed by atoms with Crippen molar-refractivity contribution in [3.63, 3.8) is 0 Å². The standard InChI is InChI=1S/C25H23ClN4O4S/c1-34-20-5-3-17-4-6-21(12-19(17)11-20)35(32,33)29-13-18-8-9-30(25(18)31)14-16-2-7-23-22(10-16)24(26)28-15-27-23/h2-7,10-12,15,18,29H,8-9,13-14H2,1H3/t18-/m0/s1. The number of amides is 1. The molecule has 1 saturated heterocycles. The fraction of sp³-hybridized carbons (Fsp3) is 0.240. The molecule has 0 aliphatic carbocycles. The summed E-state index contributed by atoms with van der Waals surface area (Å²) in [5, 5.41) is 2.77. The van der Waals surface area contributed by atoms with Gasteiger partial charge in [0.2, 0.25) is 15.9 Å². The molecule has 1 aliphatic rings. The monoisotopic (exact) mass is 510 g/mol. The van der Waals surface area contributed by atoms with Crippen LogP contribution in [0, 0.1) is 5.92 Å². The number of ether oxygens (including phenoxy) is 1. The molecule has 1 atom stereocenters. The van der Waals surface area contributed by atoms with Crippen molar-refractivity contribution in [3.05, 3.63) is 71.6 Å². The Bertz CT molecular complexity index is 1540. The van der Waals surface area contributed by atoms with E-state index >= 15 is 0 Å². The summed E-state index contributed by atoms with van der Waals surface area (Å²) < 4.78 is 33.7. The maximum Gasteiger partial charge on any atom is 0.240 e. The molecule has 3 aromatic carbocycles. The van der Waals surface area contributed by atoms with E-state index in [9.17, 15) is 13.2 Å². The van der Waals surface area contributed by atoms with E-state index in [1.807, 2.05) is 30.3 Å². The number of hydrogen-bond donors (Lipinski definition) is 1. The maximum absolute atomic E-state index is 13.0. The predicted molar refractivity (Wildman–Crippen MR) is 134 cm³/mol. The van der Waals surface area contributed by atoms with Crippen molar-refractivity contribution in [1.82, 2.24) is 19.6 Å². The van der Waals surface area contributed by atoms with Gasteiger partial charge in [0.1, 0.15) is 17.2 Å². The molecule has 0 bridgehead atoms. The van der Waals surface area contributed by atoms with Crippen LogP contribution in [-0.2, 0) is 21.4 Å². The maximum atomic E-state index is 13.0. The Balaban J connectivity index is 1.25. The molecule has 1 N–H and O–H groups in total. The second-order valence-corrected chi connectivity index (χ2v) is 10.6. The van der Waals surface area contributed by atoms with Gasteiger partial charge >= 0.3 is 0 Å². The molecule has 1 aromatic heterocycles. The zero-order valence-electron chi connectivity index (χ0n) is 18.9. The molecule has 8 nitrogen and oxygen atoms in total. The highest BCUT2D eigenvalue weighted by atomic mass is 35.5. The zero-order chi connectivity index (χ0) is 24.6. The van der Waals surface area contributed by atoms with Crippen LogP contribution in [0.5, 0.6) is 5.75 Å². The Labute approximate surface area is 207 Å². The molecule has 1 fully saturated rings. The van der Waals surface area contributed by atoms with Crippen LogP contribution in [0.2, 0.25) is 5.15 Å². The van der Waals surface area contributed by atoms with Crippen molar-refractivity contribution >= 4 is 49.2 Å². The number of sulfonamides is 1. The Morgan fingerprint density at radius 3 is 2.74 bits per heavy atom.